The normalized spacial score (nSPS) is 22.2. The van der Waals surface area contributed by atoms with E-state index in [-0.39, 0.29) is 5.91 Å². The lowest BCUT2D eigenvalue weighted by Crippen LogP contribution is -2.54. The minimum atomic E-state index is -1.11. The predicted molar refractivity (Wildman–Crippen MR) is 75.7 cm³/mol. The highest BCUT2D eigenvalue weighted by Gasteiger charge is 2.43. The van der Waals surface area contributed by atoms with Gasteiger partial charge in [-0.05, 0) is 37.7 Å². The molecule has 1 aliphatic rings. The van der Waals surface area contributed by atoms with Crippen molar-refractivity contribution in [2.24, 2.45) is 0 Å². The van der Waals surface area contributed by atoms with Crippen LogP contribution in [0.2, 0.25) is 0 Å². The topological polar surface area (TPSA) is 66.4 Å². The van der Waals surface area contributed by atoms with Gasteiger partial charge in [0, 0.05) is 11.3 Å². The molecule has 2 N–H and O–H groups in total. The Balaban J connectivity index is 2.25. The molecule has 0 saturated carbocycles. The van der Waals surface area contributed by atoms with E-state index >= 15 is 0 Å². The van der Waals surface area contributed by atoms with Crippen molar-refractivity contribution < 1.29 is 14.7 Å². The first-order valence-electron chi connectivity index (χ1n) is 6.15. The molecule has 1 aromatic carbocycles. The van der Waals surface area contributed by atoms with Crippen LogP contribution in [-0.4, -0.2) is 34.0 Å². The van der Waals surface area contributed by atoms with Gasteiger partial charge in [0.2, 0.25) is 0 Å². The summed E-state index contributed by atoms with van der Waals surface area (Å²) in [6, 6.07) is 5.61. The lowest BCUT2D eigenvalue weighted by atomic mass is 9.97. The molecule has 1 fully saturated rings. The molecule has 0 aliphatic carbocycles. The molecule has 102 valence electrons. The first kappa shape index (κ1) is 13.9. The summed E-state index contributed by atoms with van der Waals surface area (Å²) in [4.78, 5) is 23.7. The van der Waals surface area contributed by atoms with Gasteiger partial charge in [-0.2, -0.15) is 11.8 Å². The zero-order chi connectivity index (χ0) is 14.0. The van der Waals surface area contributed by atoms with Crippen molar-refractivity contribution in [3.8, 4) is 0 Å². The third-order valence-electron chi connectivity index (χ3n) is 3.42. The van der Waals surface area contributed by atoms with Crippen molar-refractivity contribution in [2.75, 3.05) is 11.5 Å². The predicted octanol–water partition coefficient (Wildman–Crippen LogP) is 1.99. The van der Waals surface area contributed by atoms with E-state index in [0.29, 0.717) is 17.7 Å². The molecule has 2 rings (SSSR count). The van der Waals surface area contributed by atoms with Crippen LogP contribution in [0.4, 0.5) is 0 Å². The molecule has 0 radical (unpaired) electrons. The molecule has 1 heterocycles. The highest BCUT2D eigenvalue weighted by Crippen LogP contribution is 2.28. The van der Waals surface area contributed by atoms with Gasteiger partial charge in [0.15, 0.2) is 0 Å². The van der Waals surface area contributed by atoms with Gasteiger partial charge in [-0.25, -0.2) is 4.79 Å². The number of carboxylic acid groups (broad SMARTS) is 1. The molecule has 0 aromatic heterocycles. The Morgan fingerprint density at radius 2 is 2.11 bits per heavy atom. The fourth-order valence-electron chi connectivity index (χ4n) is 2.15. The number of hydrogen-bond donors (Lipinski definition) is 2. The quantitative estimate of drug-likeness (QED) is 0.888. The van der Waals surface area contributed by atoms with Crippen molar-refractivity contribution in [3.63, 3.8) is 0 Å². The minimum Gasteiger partial charge on any atom is -0.479 e. The van der Waals surface area contributed by atoms with Crippen LogP contribution in [0.25, 0.3) is 0 Å². The number of carboxylic acids is 1. The number of amides is 1. The Morgan fingerprint density at radius 3 is 2.68 bits per heavy atom. The van der Waals surface area contributed by atoms with Gasteiger partial charge < -0.3 is 10.4 Å². The minimum absolute atomic E-state index is 0.300. The SMILES string of the molecule is Cc1ccc(C)c(C(=O)NC2(C(=O)O)CCSC2)c1. The maximum atomic E-state index is 12.3. The second-order valence-electron chi connectivity index (χ2n) is 4.96. The number of hydrogen-bond acceptors (Lipinski definition) is 3. The van der Waals surface area contributed by atoms with Gasteiger partial charge in [-0.3, -0.25) is 4.79 Å². The van der Waals surface area contributed by atoms with E-state index in [0.717, 1.165) is 16.9 Å². The Kier molecular flexibility index (Phi) is 3.85. The second kappa shape index (κ2) is 5.25. The molecular weight excluding hydrogens is 262 g/mol. The van der Waals surface area contributed by atoms with E-state index in [2.05, 4.69) is 5.32 Å². The number of carbonyl (C=O) groups excluding carboxylic acids is 1. The average Bonchev–Trinajstić information content (AvgIpc) is 2.82. The third-order valence-corrected chi connectivity index (χ3v) is 4.61. The van der Waals surface area contributed by atoms with Crippen LogP contribution >= 0.6 is 11.8 Å². The molecule has 1 aliphatic heterocycles. The summed E-state index contributed by atoms with van der Waals surface area (Å²) in [5, 5.41) is 12.1. The summed E-state index contributed by atoms with van der Waals surface area (Å²) in [7, 11) is 0. The fourth-order valence-corrected chi connectivity index (χ4v) is 3.48. The maximum absolute atomic E-state index is 12.3. The van der Waals surface area contributed by atoms with Crippen molar-refractivity contribution in [1.82, 2.24) is 5.32 Å². The first-order chi connectivity index (χ1) is 8.94. The van der Waals surface area contributed by atoms with Crippen LogP contribution < -0.4 is 5.32 Å². The van der Waals surface area contributed by atoms with E-state index in [1.54, 1.807) is 17.8 Å². The molecule has 1 saturated heterocycles. The fraction of sp³-hybridized carbons (Fsp3) is 0.429. The largest absolute Gasteiger partial charge is 0.479 e. The summed E-state index contributed by atoms with van der Waals surface area (Å²) in [5.41, 5.74) is 1.28. The molecule has 1 aromatic rings. The molecular formula is C14H17NO3S. The van der Waals surface area contributed by atoms with E-state index in [9.17, 15) is 14.7 Å². The van der Waals surface area contributed by atoms with Gasteiger partial charge in [-0.15, -0.1) is 0 Å². The molecule has 1 amide bonds. The van der Waals surface area contributed by atoms with Crippen LogP contribution in [0.1, 0.15) is 27.9 Å². The van der Waals surface area contributed by atoms with Crippen LogP contribution in [-0.2, 0) is 4.79 Å². The lowest BCUT2D eigenvalue weighted by Gasteiger charge is -2.25. The summed E-state index contributed by atoms with van der Waals surface area (Å²) in [6.45, 7) is 3.76. The summed E-state index contributed by atoms with van der Waals surface area (Å²) in [6.07, 6.45) is 0.476. The van der Waals surface area contributed by atoms with E-state index in [1.807, 2.05) is 26.0 Å². The summed E-state index contributed by atoms with van der Waals surface area (Å²) >= 11 is 1.56. The monoisotopic (exact) mass is 279 g/mol. The van der Waals surface area contributed by atoms with E-state index < -0.39 is 11.5 Å². The highest BCUT2D eigenvalue weighted by atomic mass is 32.2. The number of thioether (sulfide) groups is 1. The lowest BCUT2D eigenvalue weighted by molar-refractivity contribution is -0.143. The zero-order valence-corrected chi connectivity index (χ0v) is 11.8. The molecule has 0 bridgehead atoms. The number of benzene rings is 1. The first-order valence-corrected chi connectivity index (χ1v) is 7.31. The maximum Gasteiger partial charge on any atom is 0.330 e. The molecule has 4 nitrogen and oxygen atoms in total. The van der Waals surface area contributed by atoms with Gasteiger partial charge in [0.1, 0.15) is 5.54 Å². The van der Waals surface area contributed by atoms with E-state index in [4.69, 9.17) is 0 Å². The summed E-state index contributed by atoms with van der Waals surface area (Å²) < 4.78 is 0. The zero-order valence-electron chi connectivity index (χ0n) is 11.0. The van der Waals surface area contributed by atoms with Crippen molar-refractivity contribution in [2.45, 2.75) is 25.8 Å². The molecule has 5 heteroatoms. The Morgan fingerprint density at radius 1 is 1.37 bits per heavy atom. The van der Waals surface area contributed by atoms with Crippen LogP contribution in [0.15, 0.2) is 18.2 Å². The Bertz CT molecular complexity index is 521. The van der Waals surface area contributed by atoms with Gasteiger partial charge in [-0.1, -0.05) is 17.7 Å². The van der Waals surface area contributed by atoms with E-state index in [1.165, 1.54) is 0 Å². The summed E-state index contributed by atoms with van der Waals surface area (Å²) in [5.74, 6) is -0.0551. The van der Waals surface area contributed by atoms with Crippen LogP contribution in [0.5, 0.6) is 0 Å². The van der Waals surface area contributed by atoms with Crippen LogP contribution in [0.3, 0.4) is 0 Å². The molecule has 19 heavy (non-hydrogen) atoms. The smallest absolute Gasteiger partial charge is 0.330 e. The number of rotatable bonds is 3. The van der Waals surface area contributed by atoms with Gasteiger partial charge >= 0.3 is 5.97 Å². The Hall–Kier alpha value is -1.49. The number of carbonyl (C=O) groups is 2. The third kappa shape index (κ3) is 2.76. The van der Waals surface area contributed by atoms with Gasteiger partial charge in [0.25, 0.3) is 5.91 Å². The number of aliphatic carboxylic acids is 1. The highest BCUT2D eigenvalue weighted by molar-refractivity contribution is 7.99. The number of nitrogens with one attached hydrogen (secondary N) is 1. The average molecular weight is 279 g/mol. The second-order valence-corrected chi connectivity index (χ2v) is 6.07. The van der Waals surface area contributed by atoms with Crippen LogP contribution in [0, 0.1) is 13.8 Å². The number of aryl methyl sites for hydroxylation is 2. The van der Waals surface area contributed by atoms with Crippen molar-refractivity contribution in [1.29, 1.82) is 0 Å². The molecule has 1 unspecified atom stereocenters. The van der Waals surface area contributed by atoms with Crippen molar-refractivity contribution in [3.05, 3.63) is 34.9 Å². The van der Waals surface area contributed by atoms with Crippen molar-refractivity contribution >= 4 is 23.6 Å². The van der Waals surface area contributed by atoms with Gasteiger partial charge in [0.05, 0.1) is 0 Å². The molecule has 0 spiro atoms. The standard InChI is InChI=1S/C14H17NO3S/c1-9-3-4-10(2)11(7-9)12(16)15-14(13(17)18)5-6-19-8-14/h3-4,7H,5-6,8H2,1-2H3,(H,15,16)(H,17,18). The Labute approximate surface area is 116 Å². The molecule has 1 atom stereocenters.